The molecule has 4 heteroatoms. The van der Waals surface area contributed by atoms with Crippen LogP contribution >= 0.6 is 0 Å². The average molecular weight is 278 g/mol. The lowest BCUT2D eigenvalue weighted by atomic mass is 10.1. The van der Waals surface area contributed by atoms with Gasteiger partial charge in [-0.3, -0.25) is 4.90 Å². The third-order valence-electron chi connectivity index (χ3n) is 3.49. The quantitative estimate of drug-likeness (QED) is 0.791. The Labute approximate surface area is 121 Å². The van der Waals surface area contributed by atoms with Gasteiger partial charge in [0.25, 0.3) is 0 Å². The second-order valence-electron chi connectivity index (χ2n) is 5.65. The number of carboxylic acid groups (broad SMARTS) is 1. The van der Waals surface area contributed by atoms with Crippen LogP contribution in [0, 0.1) is 5.92 Å². The molecule has 0 amide bonds. The van der Waals surface area contributed by atoms with Gasteiger partial charge in [0.1, 0.15) is 5.69 Å². The zero-order valence-electron chi connectivity index (χ0n) is 13.0. The summed E-state index contributed by atoms with van der Waals surface area (Å²) in [6.45, 7) is 10.6. The van der Waals surface area contributed by atoms with E-state index in [-0.39, 0.29) is 5.69 Å². The zero-order chi connectivity index (χ0) is 15.1. The van der Waals surface area contributed by atoms with Gasteiger partial charge in [-0.25, -0.2) is 9.78 Å². The molecule has 0 unspecified atom stereocenters. The second kappa shape index (κ2) is 8.00. The Hall–Kier alpha value is -1.42. The van der Waals surface area contributed by atoms with Gasteiger partial charge in [-0.15, -0.1) is 0 Å². The number of carboxylic acids is 1. The van der Waals surface area contributed by atoms with Crippen molar-refractivity contribution >= 4 is 5.97 Å². The molecular formula is C16H26N2O2. The van der Waals surface area contributed by atoms with Crippen LogP contribution in [0.5, 0.6) is 0 Å². The minimum atomic E-state index is -0.968. The van der Waals surface area contributed by atoms with Crippen molar-refractivity contribution in [2.45, 2.75) is 53.1 Å². The Morgan fingerprint density at radius 3 is 2.50 bits per heavy atom. The monoisotopic (exact) mass is 278 g/mol. The zero-order valence-corrected chi connectivity index (χ0v) is 13.0. The lowest BCUT2D eigenvalue weighted by Crippen LogP contribution is -2.36. The van der Waals surface area contributed by atoms with Crippen molar-refractivity contribution in [1.82, 2.24) is 9.88 Å². The third kappa shape index (κ3) is 4.93. The van der Waals surface area contributed by atoms with Crippen molar-refractivity contribution in [3.63, 3.8) is 0 Å². The van der Waals surface area contributed by atoms with Crippen LogP contribution in [0.1, 0.15) is 56.6 Å². The molecule has 1 aromatic heterocycles. The number of pyridine rings is 1. The van der Waals surface area contributed by atoms with Gasteiger partial charge in [0.05, 0.1) is 0 Å². The molecule has 0 fully saturated rings. The van der Waals surface area contributed by atoms with Gasteiger partial charge < -0.3 is 5.11 Å². The maximum atomic E-state index is 11.0. The van der Waals surface area contributed by atoms with Crippen molar-refractivity contribution in [2.75, 3.05) is 6.54 Å². The van der Waals surface area contributed by atoms with Crippen LogP contribution in [0.3, 0.4) is 0 Å². The summed E-state index contributed by atoms with van der Waals surface area (Å²) in [5, 5.41) is 9.01. The predicted molar refractivity (Wildman–Crippen MR) is 80.8 cm³/mol. The Kier molecular flexibility index (Phi) is 6.65. The lowest BCUT2D eigenvalue weighted by molar-refractivity contribution is 0.0690. The molecule has 4 nitrogen and oxygen atoms in total. The summed E-state index contributed by atoms with van der Waals surface area (Å²) in [5.74, 6) is -0.374. The summed E-state index contributed by atoms with van der Waals surface area (Å²) in [6, 6.07) is 4.12. The van der Waals surface area contributed by atoms with E-state index in [4.69, 9.17) is 5.11 Å². The van der Waals surface area contributed by atoms with E-state index in [1.54, 1.807) is 12.3 Å². The molecule has 1 heterocycles. The fourth-order valence-electron chi connectivity index (χ4n) is 2.54. The molecule has 1 N–H and O–H groups in total. The summed E-state index contributed by atoms with van der Waals surface area (Å²) in [7, 11) is 0. The van der Waals surface area contributed by atoms with E-state index in [0.29, 0.717) is 12.0 Å². The molecule has 0 radical (unpaired) electrons. The maximum Gasteiger partial charge on any atom is 0.354 e. The van der Waals surface area contributed by atoms with Crippen LogP contribution in [0.25, 0.3) is 0 Å². The van der Waals surface area contributed by atoms with E-state index in [1.807, 2.05) is 6.07 Å². The average Bonchev–Trinajstić information content (AvgIpc) is 2.39. The Balaban J connectivity index is 2.88. The highest BCUT2D eigenvalue weighted by Crippen LogP contribution is 2.16. The van der Waals surface area contributed by atoms with E-state index < -0.39 is 5.97 Å². The molecule has 0 saturated heterocycles. The fourth-order valence-corrected chi connectivity index (χ4v) is 2.54. The molecule has 112 valence electrons. The maximum absolute atomic E-state index is 11.0. The minimum Gasteiger partial charge on any atom is -0.477 e. The van der Waals surface area contributed by atoms with Gasteiger partial charge in [-0.2, -0.15) is 0 Å². The van der Waals surface area contributed by atoms with E-state index >= 15 is 0 Å². The normalized spacial score (nSPS) is 11.6. The first-order valence-electron chi connectivity index (χ1n) is 7.40. The standard InChI is InChI=1S/C16H26N2O2/c1-5-14(6-2)18(10-12(3)4)11-13-7-8-17-15(9-13)16(19)20/h7-9,12,14H,5-6,10-11H2,1-4H3,(H,19,20). The Morgan fingerprint density at radius 2 is 2.00 bits per heavy atom. The summed E-state index contributed by atoms with van der Waals surface area (Å²) in [4.78, 5) is 17.3. The highest BCUT2D eigenvalue weighted by molar-refractivity contribution is 5.85. The van der Waals surface area contributed by atoms with Crippen LogP contribution in [0.4, 0.5) is 0 Å². The number of aromatic carboxylic acids is 1. The van der Waals surface area contributed by atoms with Gasteiger partial charge in [-0.1, -0.05) is 27.7 Å². The highest BCUT2D eigenvalue weighted by atomic mass is 16.4. The van der Waals surface area contributed by atoms with Crippen LogP contribution in [0.15, 0.2) is 18.3 Å². The van der Waals surface area contributed by atoms with Gasteiger partial charge in [0.15, 0.2) is 0 Å². The van der Waals surface area contributed by atoms with Gasteiger partial charge in [-0.05, 0) is 36.5 Å². The Morgan fingerprint density at radius 1 is 1.35 bits per heavy atom. The number of aromatic nitrogens is 1. The molecule has 0 atom stereocenters. The van der Waals surface area contributed by atoms with Crippen molar-refractivity contribution < 1.29 is 9.90 Å². The van der Waals surface area contributed by atoms with E-state index in [0.717, 1.165) is 31.5 Å². The summed E-state index contributed by atoms with van der Waals surface area (Å²) >= 11 is 0. The summed E-state index contributed by atoms with van der Waals surface area (Å²) in [6.07, 6.45) is 3.80. The summed E-state index contributed by atoms with van der Waals surface area (Å²) in [5.41, 5.74) is 1.14. The fraction of sp³-hybridized carbons (Fsp3) is 0.625. The van der Waals surface area contributed by atoms with Gasteiger partial charge in [0, 0.05) is 25.3 Å². The predicted octanol–water partition coefficient (Wildman–Crippen LogP) is 3.43. The molecule has 0 bridgehead atoms. The number of nitrogens with zero attached hydrogens (tertiary/aromatic N) is 2. The molecule has 1 aromatic rings. The van der Waals surface area contributed by atoms with Crippen LogP contribution in [-0.4, -0.2) is 33.5 Å². The molecule has 0 aliphatic carbocycles. The molecule has 0 aromatic carbocycles. The van der Waals surface area contributed by atoms with E-state index in [2.05, 4.69) is 37.6 Å². The third-order valence-corrected chi connectivity index (χ3v) is 3.49. The molecule has 0 spiro atoms. The summed E-state index contributed by atoms with van der Waals surface area (Å²) < 4.78 is 0. The first-order chi connectivity index (χ1) is 9.47. The first kappa shape index (κ1) is 16.6. The largest absolute Gasteiger partial charge is 0.477 e. The highest BCUT2D eigenvalue weighted by Gasteiger charge is 2.17. The Bertz CT molecular complexity index is 428. The van der Waals surface area contributed by atoms with Crippen molar-refractivity contribution in [2.24, 2.45) is 5.92 Å². The smallest absolute Gasteiger partial charge is 0.354 e. The van der Waals surface area contributed by atoms with Crippen LogP contribution < -0.4 is 0 Å². The lowest BCUT2D eigenvalue weighted by Gasteiger charge is -2.32. The van der Waals surface area contributed by atoms with Crippen LogP contribution in [-0.2, 0) is 6.54 Å². The van der Waals surface area contributed by atoms with E-state index in [9.17, 15) is 4.79 Å². The molecular weight excluding hydrogens is 252 g/mol. The van der Waals surface area contributed by atoms with Gasteiger partial charge in [0.2, 0.25) is 0 Å². The number of rotatable bonds is 8. The van der Waals surface area contributed by atoms with Crippen LogP contribution in [0.2, 0.25) is 0 Å². The van der Waals surface area contributed by atoms with Crippen molar-refractivity contribution in [1.29, 1.82) is 0 Å². The molecule has 0 aliphatic heterocycles. The number of hydrogen-bond acceptors (Lipinski definition) is 3. The second-order valence-corrected chi connectivity index (χ2v) is 5.65. The topological polar surface area (TPSA) is 53.4 Å². The van der Waals surface area contributed by atoms with Crippen molar-refractivity contribution in [3.05, 3.63) is 29.6 Å². The number of carbonyl (C=O) groups is 1. The molecule has 0 aliphatic rings. The molecule has 1 rings (SSSR count). The minimum absolute atomic E-state index is 0.122. The van der Waals surface area contributed by atoms with E-state index in [1.165, 1.54) is 0 Å². The van der Waals surface area contributed by atoms with Gasteiger partial charge >= 0.3 is 5.97 Å². The molecule has 20 heavy (non-hydrogen) atoms. The first-order valence-corrected chi connectivity index (χ1v) is 7.40. The SMILES string of the molecule is CCC(CC)N(Cc1ccnc(C(=O)O)c1)CC(C)C. The van der Waals surface area contributed by atoms with Crippen molar-refractivity contribution in [3.8, 4) is 0 Å². The molecule has 0 saturated carbocycles. The number of hydrogen-bond donors (Lipinski definition) is 1.